The Hall–Kier alpha value is -1.56. The topological polar surface area (TPSA) is 46.3 Å². The molecular weight excluding hydrogens is 282 g/mol. The number of hydrogen-bond donors (Lipinski definition) is 1. The predicted molar refractivity (Wildman–Crippen MR) is 78.3 cm³/mol. The molecule has 20 heavy (non-hydrogen) atoms. The van der Waals surface area contributed by atoms with Crippen LogP contribution in [0, 0.1) is 11.6 Å². The largest absolute Gasteiger partial charge is 0.393 e. The Morgan fingerprint density at radius 1 is 1.40 bits per heavy atom. The lowest BCUT2D eigenvalue weighted by atomic mass is 10.1. The van der Waals surface area contributed by atoms with Crippen LogP contribution in [0.5, 0.6) is 0 Å². The zero-order valence-electron chi connectivity index (χ0n) is 11.5. The van der Waals surface area contributed by atoms with E-state index in [1.807, 2.05) is 13.8 Å². The van der Waals surface area contributed by atoms with Gasteiger partial charge in [0.2, 0.25) is 5.91 Å². The molecule has 0 spiro atoms. The normalized spacial score (nSPS) is 10.7. The van der Waals surface area contributed by atoms with Crippen molar-refractivity contribution in [2.24, 2.45) is 5.73 Å². The van der Waals surface area contributed by atoms with E-state index in [9.17, 15) is 13.6 Å². The Bertz CT molecular complexity index is 506. The van der Waals surface area contributed by atoms with E-state index in [4.69, 9.17) is 18.0 Å². The second-order valence-electron chi connectivity index (χ2n) is 4.81. The van der Waals surface area contributed by atoms with Gasteiger partial charge in [0.1, 0.15) is 11.6 Å². The van der Waals surface area contributed by atoms with Gasteiger partial charge in [0.05, 0.1) is 11.4 Å². The summed E-state index contributed by atoms with van der Waals surface area (Å²) in [5.41, 5.74) is 5.60. The van der Waals surface area contributed by atoms with Gasteiger partial charge in [0.25, 0.3) is 0 Å². The number of carbonyl (C=O) groups excluding carboxylic acids is 1. The van der Waals surface area contributed by atoms with Crippen molar-refractivity contribution in [3.05, 3.63) is 35.4 Å². The first-order chi connectivity index (χ1) is 9.31. The van der Waals surface area contributed by atoms with Crippen molar-refractivity contribution in [1.82, 2.24) is 4.90 Å². The summed E-state index contributed by atoms with van der Waals surface area (Å²) in [6.45, 7) is 4.12. The Morgan fingerprint density at radius 2 is 2.05 bits per heavy atom. The molecule has 0 aromatic heterocycles. The lowest BCUT2D eigenvalue weighted by Gasteiger charge is -2.26. The van der Waals surface area contributed by atoms with Crippen LogP contribution in [0.1, 0.15) is 25.8 Å². The number of amides is 1. The predicted octanol–water partition coefficient (Wildman–Crippen LogP) is 2.42. The lowest BCUT2D eigenvalue weighted by Crippen LogP contribution is -2.40. The minimum Gasteiger partial charge on any atom is -0.393 e. The number of nitrogens with two attached hydrogens (primary N) is 1. The number of nitrogens with zero attached hydrogens (tertiary/aromatic N) is 1. The molecule has 0 radical (unpaired) electrons. The van der Waals surface area contributed by atoms with Crippen LogP contribution in [0.25, 0.3) is 0 Å². The zero-order chi connectivity index (χ0) is 15.3. The van der Waals surface area contributed by atoms with Crippen LogP contribution in [0.2, 0.25) is 0 Å². The van der Waals surface area contributed by atoms with Gasteiger partial charge in [-0.05, 0) is 25.5 Å². The van der Waals surface area contributed by atoms with Gasteiger partial charge < -0.3 is 10.6 Å². The van der Waals surface area contributed by atoms with Gasteiger partial charge in [-0.1, -0.05) is 18.3 Å². The van der Waals surface area contributed by atoms with Gasteiger partial charge in [-0.25, -0.2) is 8.78 Å². The van der Waals surface area contributed by atoms with Gasteiger partial charge in [-0.15, -0.1) is 0 Å². The first-order valence-corrected chi connectivity index (χ1v) is 6.73. The third kappa shape index (κ3) is 4.85. The third-order valence-corrected chi connectivity index (χ3v) is 3.10. The van der Waals surface area contributed by atoms with Crippen molar-refractivity contribution in [2.45, 2.75) is 32.7 Å². The van der Waals surface area contributed by atoms with Crippen LogP contribution in [0.3, 0.4) is 0 Å². The van der Waals surface area contributed by atoms with Crippen molar-refractivity contribution in [1.29, 1.82) is 0 Å². The molecule has 110 valence electrons. The lowest BCUT2D eigenvalue weighted by molar-refractivity contribution is -0.132. The smallest absolute Gasteiger partial charge is 0.227 e. The molecule has 0 aliphatic heterocycles. The third-order valence-electron chi connectivity index (χ3n) is 2.90. The standard InChI is InChI=1S/C14H18F2N2OS/c1-9(2)18(6-5-13(17)20)14(19)7-10-3-4-11(15)8-12(10)16/h3-4,8-9H,5-7H2,1-2H3,(H2,17,20). The van der Waals surface area contributed by atoms with Crippen molar-refractivity contribution in [3.63, 3.8) is 0 Å². The van der Waals surface area contributed by atoms with E-state index in [1.165, 1.54) is 6.07 Å². The Balaban J connectivity index is 2.77. The summed E-state index contributed by atoms with van der Waals surface area (Å²) in [7, 11) is 0. The molecule has 0 saturated carbocycles. The summed E-state index contributed by atoms with van der Waals surface area (Å²) in [6, 6.07) is 3.16. The second-order valence-corrected chi connectivity index (χ2v) is 5.33. The summed E-state index contributed by atoms with van der Waals surface area (Å²) >= 11 is 4.79. The molecule has 0 atom stereocenters. The summed E-state index contributed by atoms with van der Waals surface area (Å²) < 4.78 is 26.4. The fourth-order valence-electron chi connectivity index (χ4n) is 1.83. The molecule has 3 nitrogen and oxygen atoms in total. The number of benzene rings is 1. The first kappa shape index (κ1) is 16.5. The molecule has 6 heteroatoms. The zero-order valence-corrected chi connectivity index (χ0v) is 12.3. The fourth-order valence-corrected chi connectivity index (χ4v) is 1.92. The molecular formula is C14H18F2N2OS. The minimum atomic E-state index is -0.712. The van der Waals surface area contributed by atoms with E-state index in [-0.39, 0.29) is 23.9 Å². The molecule has 1 rings (SSSR count). The van der Waals surface area contributed by atoms with E-state index in [0.29, 0.717) is 18.0 Å². The number of carbonyl (C=O) groups is 1. The molecule has 0 heterocycles. The molecule has 0 aliphatic rings. The van der Waals surface area contributed by atoms with Gasteiger partial charge in [-0.3, -0.25) is 4.79 Å². The second kappa shape index (κ2) is 7.28. The number of rotatable bonds is 6. The van der Waals surface area contributed by atoms with Crippen molar-refractivity contribution in [2.75, 3.05) is 6.54 Å². The maximum atomic E-state index is 13.5. The van der Waals surface area contributed by atoms with Gasteiger partial charge >= 0.3 is 0 Å². The van der Waals surface area contributed by atoms with E-state index < -0.39 is 11.6 Å². The molecule has 1 aromatic rings. The summed E-state index contributed by atoms with van der Waals surface area (Å²) in [5.74, 6) is -1.61. The minimum absolute atomic E-state index is 0.0413. The van der Waals surface area contributed by atoms with Crippen LogP contribution in [-0.4, -0.2) is 28.4 Å². The van der Waals surface area contributed by atoms with Crippen molar-refractivity contribution in [3.8, 4) is 0 Å². The van der Waals surface area contributed by atoms with Gasteiger partial charge in [-0.2, -0.15) is 0 Å². The Kier molecular flexibility index (Phi) is 6.01. The average molecular weight is 300 g/mol. The van der Waals surface area contributed by atoms with Crippen LogP contribution in [0.4, 0.5) is 8.78 Å². The van der Waals surface area contributed by atoms with Gasteiger partial charge in [0.15, 0.2) is 0 Å². The number of hydrogen-bond acceptors (Lipinski definition) is 2. The first-order valence-electron chi connectivity index (χ1n) is 6.33. The number of halogens is 2. The van der Waals surface area contributed by atoms with Crippen LogP contribution >= 0.6 is 12.2 Å². The van der Waals surface area contributed by atoms with Crippen LogP contribution < -0.4 is 5.73 Å². The maximum absolute atomic E-state index is 13.5. The number of thiocarbonyl (C=S) groups is 1. The molecule has 1 amide bonds. The summed E-state index contributed by atoms with van der Waals surface area (Å²) in [5, 5.41) is 0. The fraction of sp³-hybridized carbons (Fsp3) is 0.429. The Labute approximate surface area is 122 Å². The monoisotopic (exact) mass is 300 g/mol. The molecule has 1 aromatic carbocycles. The molecule has 0 bridgehead atoms. The molecule has 0 unspecified atom stereocenters. The highest BCUT2D eigenvalue weighted by atomic mass is 32.1. The van der Waals surface area contributed by atoms with Crippen molar-refractivity contribution < 1.29 is 13.6 Å². The molecule has 2 N–H and O–H groups in total. The Morgan fingerprint density at radius 3 is 2.55 bits per heavy atom. The summed E-state index contributed by atoms with van der Waals surface area (Å²) in [4.78, 5) is 14.1. The van der Waals surface area contributed by atoms with Crippen molar-refractivity contribution >= 4 is 23.1 Å². The van der Waals surface area contributed by atoms with Crippen LogP contribution in [0.15, 0.2) is 18.2 Å². The molecule has 0 aliphatic carbocycles. The van der Waals surface area contributed by atoms with E-state index in [0.717, 1.165) is 12.1 Å². The highest BCUT2D eigenvalue weighted by molar-refractivity contribution is 7.80. The van der Waals surface area contributed by atoms with E-state index in [1.54, 1.807) is 4.90 Å². The van der Waals surface area contributed by atoms with Crippen LogP contribution in [-0.2, 0) is 11.2 Å². The SMILES string of the molecule is CC(C)N(CCC(N)=S)C(=O)Cc1ccc(F)cc1F. The maximum Gasteiger partial charge on any atom is 0.227 e. The summed E-state index contributed by atoms with van der Waals surface area (Å²) in [6.07, 6.45) is 0.312. The van der Waals surface area contributed by atoms with E-state index in [2.05, 4.69) is 0 Å². The quantitative estimate of drug-likeness (QED) is 0.821. The molecule has 0 saturated heterocycles. The average Bonchev–Trinajstić information content (AvgIpc) is 2.32. The molecule has 0 fully saturated rings. The van der Waals surface area contributed by atoms with E-state index >= 15 is 0 Å². The highest BCUT2D eigenvalue weighted by Gasteiger charge is 2.18. The highest BCUT2D eigenvalue weighted by Crippen LogP contribution is 2.12. The van der Waals surface area contributed by atoms with Gasteiger partial charge in [0, 0.05) is 25.1 Å².